The zero-order chi connectivity index (χ0) is 14.7. The van der Waals surface area contributed by atoms with Gasteiger partial charge in [-0.15, -0.1) is 0 Å². The highest BCUT2D eigenvalue weighted by atomic mass is 79.9. The molecule has 6 heteroatoms. The van der Waals surface area contributed by atoms with E-state index in [9.17, 15) is 4.79 Å². The van der Waals surface area contributed by atoms with E-state index >= 15 is 0 Å². The lowest BCUT2D eigenvalue weighted by Crippen LogP contribution is -2.11. The van der Waals surface area contributed by atoms with Crippen molar-refractivity contribution in [1.29, 1.82) is 0 Å². The van der Waals surface area contributed by atoms with Gasteiger partial charge < -0.3 is 20.9 Å². The predicted molar refractivity (Wildman–Crippen MR) is 80.1 cm³/mol. The number of benzene rings is 2. The molecule has 20 heavy (non-hydrogen) atoms. The molecule has 0 fully saturated rings. The van der Waals surface area contributed by atoms with Crippen LogP contribution in [0.5, 0.6) is 17.2 Å². The Kier molecular flexibility index (Phi) is 4.14. The van der Waals surface area contributed by atoms with Crippen LogP contribution in [-0.4, -0.2) is 13.0 Å². The molecule has 0 unspecified atom stereocenters. The largest absolute Gasteiger partial charge is 0.497 e. The highest BCUT2D eigenvalue weighted by molar-refractivity contribution is 9.10. The third kappa shape index (κ3) is 3.21. The first kappa shape index (κ1) is 14.2. The Bertz CT molecular complexity index is 659. The fourth-order valence-corrected chi connectivity index (χ4v) is 2.01. The number of nitrogens with two attached hydrogens (primary N) is 2. The number of rotatable bonds is 4. The Hall–Kier alpha value is -2.21. The minimum absolute atomic E-state index is 0.301. The molecule has 0 aliphatic carbocycles. The van der Waals surface area contributed by atoms with Gasteiger partial charge in [0.2, 0.25) is 5.91 Å². The molecule has 0 aliphatic heterocycles. The Morgan fingerprint density at radius 3 is 2.45 bits per heavy atom. The van der Waals surface area contributed by atoms with Crippen LogP contribution in [0.25, 0.3) is 0 Å². The molecule has 104 valence electrons. The lowest BCUT2D eigenvalue weighted by atomic mass is 10.2. The van der Waals surface area contributed by atoms with E-state index in [0.717, 1.165) is 4.47 Å². The fraction of sp³-hybridized carbons (Fsp3) is 0.0714. The molecule has 5 nitrogen and oxygen atoms in total. The molecule has 0 saturated heterocycles. The summed E-state index contributed by atoms with van der Waals surface area (Å²) < 4.78 is 11.6. The number of hydrogen-bond donors (Lipinski definition) is 2. The molecule has 1 amide bonds. The maximum Gasteiger partial charge on any atom is 0.248 e. The number of ether oxygens (including phenoxy) is 2. The molecule has 0 saturated carbocycles. The Morgan fingerprint density at radius 2 is 1.85 bits per heavy atom. The second-order valence-electron chi connectivity index (χ2n) is 4.05. The molecule has 4 N–H and O–H groups in total. The molecule has 0 atom stereocenters. The maximum atomic E-state index is 11.3. The number of amides is 1. The highest BCUT2D eigenvalue weighted by Gasteiger charge is 2.09. The summed E-state index contributed by atoms with van der Waals surface area (Å²) in [5.41, 5.74) is 11.9. The minimum atomic E-state index is -0.558. The third-order valence-corrected chi connectivity index (χ3v) is 3.09. The first-order valence-corrected chi connectivity index (χ1v) is 6.50. The molecule has 0 spiro atoms. The second-order valence-corrected chi connectivity index (χ2v) is 4.96. The third-order valence-electron chi connectivity index (χ3n) is 2.60. The summed E-state index contributed by atoms with van der Waals surface area (Å²) in [5, 5.41) is 0. The van der Waals surface area contributed by atoms with Gasteiger partial charge in [0.05, 0.1) is 12.8 Å². The van der Waals surface area contributed by atoms with Crippen LogP contribution >= 0.6 is 15.9 Å². The van der Waals surface area contributed by atoms with Crippen LogP contribution in [0.3, 0.4) is 0 Å². The van der Waals surface area contributed by atoms with Crippen molar-refractivity contribution in [1.82, 2.24) is 0 Å². The minimum Gasteiger partial charge on any atom is -0.497 e. The summed E-state index contributed by atoms with van der Waals surface area (Å²) in [6.45, 7) is 0. The van der Waals surface area contributed by atoms with Crippen LogP contribution in [0.15, 0.2) is 40.9 Å². The van der Waals surface area contributed by atoms with Crippen molar-refractivity contribution >= 4 is 27.5 Å². The van der Waals surface area contributed by atoms with Crippen molar-refractivity contribution in [3.63, 3.8) is 0 Å². The first-order chi connectivity index (χ1) is 9.49. The number of anilines is 1. The number of carbonyl (C=O) groups excluding carboxylic acids is 1. The van der Waals surface area contributed by atoms with Crippen LogP contribution in [0.1, 0.15) is 10.4 Å². The van der Waals surface area contributed by atoms with Gasteiger partial charge in [0.15, 0.2) is 0 Å². The highest BCUT2D eigenvalue weighted by Crippen LogP contribution is 2.32. The number of carbonyl (C=O) groups is 1. The summed E-state index contributed by atoms with van der Waals surface area (Å²) >= 11 is 3.32. The Labute approximate surface area is 124 Å². The van der Waals surface area contributed by atoms with E-state index in [1.807, 2.05) is 0 Å². The van der Waals surface area contributed by atoms with Crippen LogP contribution in [-0.2, 0) is 0 Å². The van der Waals surface area contributed by atoms with Crippen LogP contribution < -0.4 is 20.9 Å². The molecule has 0 bridgehead atoms. The van der Waals surface area contributed by atoms with E-state index in [1.54, 1.807) is 30.3 Å². The van der Waals surface area contributed by atoms with Crippen molar-refractivity contribution < 1.29 is 14.3 Å². The number of halogens is 1. The van der Waals surface area contributed by atoms with Crippen molar-refractivity contribution in [2.45, 2.75) is 0 Å². The fourth-order valence-electron chi connectivity index (χ4n) is 1.63. The van der Waals surface area contributed by atoms with Crippen molar-refractivity contribution in [2.75, 3.05) is 12.8 Å². The van der Waals surface area contributed by atoms with Gasteiger partial charge in [-0.25, -0.2) is 0 Å². The molecule has 2 aromatic rings. The quantitative estimate of drug-likeness (QED) is 0.840. The van der Waals surface area contributed by atoms with Gasteiger partial charge in [0.25, 0.3) is 0 Å². The lowest BCUT2D eigenvalue weighted by Gasteiger charge is -2.11. The standard InChI is InChI=1S/C14H13BrN2O3/c1-19-10-4-8(14(17)18)5-11(7-10)20-13-3-2-9(15)6-12(13)16/h2-7H,16H2,1H3,(H2,17,18). The Balaban J connectivity index is 2.37. The number of primary amides is 1. The van der Waals surface area contributed by atoms with Gasteiger partial charge in [0.1, 0.15) is 17.2 Å². The molecule has 0 aliphatic rings. The van der Waals surface area contributed by atoms with E-state index in [0.29, 0.717) is 28.5 Å². The van der Waals surface area contributed by atoms with Crippen LogP contribution in [0.4, 0.5) is 5.69 Å². The van der Waals surface area contributed by atoms with Crippen molar-refractivity contribution in [3.05, 3.63) is 46.4 Å². The van der Waals surface area contributed by atoms with Crippen molar-refractivity contribution in [3.8, 4) is 17.2 Å². The molecular formula is C14H13BrN2O3. The van der Waals surface area contributed by atoms with Crippen LogP contribution in [0, 0.1) is 0 Å². The van der Waals surface area contributed by atoms with E-state index in [2.05, 4.69) is 15.9 Å². The summed E-state index contributed by atoms with van der Waals surface area (Å²) in [5.74, 6) is 0.827. The molecule has 0 radical (unpaired) electrons. The van der Waals surface area contributed by atoms with Gasteiger partial charge in [-0.1, -0.05) is 15.9 Å². The second kappa shape index (κ2) is 5.83. The normalized spacial score (nSPS) is 10.1. The zero-order valence-corrected chi connectivity index (χ0v) is 12.3. The van der Waals surface area contributed by atoms with Gasteiger partial charge in [-0.3, -0.25) is 4.79 Å². The SMILES string of the molecule is COc1cc(Oc2ccc(Br)cc2N)cc(C(N)=O)c1. The average Bonchev–Trinajstić information content (AvgIpc) is 2.41. The smallest absolute Gasteiger partial charge is 0.248 e. The summed E-state index contributed by atoms with van der Waals surface area (Å²) in [6.07, 6.45) is 0. The van der Waals surface area contributed by atoms with E-state index < -0.39 is 5.91 Å². The number of hydrogen-bond acceptors (Lipinski definition) is 4. The molecule has 0 heterocycles. The molecule has 2 aromatic carbocycles. The van der Waals surface area contributed by atoms with Gasteiger partial charge >= 0.3 is 0 Å². The van der Waals surface area contributed by atoms with Gasteiger partial charge in [-0.2, -0.15) is 0 Å². The predicted octanol–water partition coefficient (Wildman–Crippen LogP) is 2.93. The maximum absolute atomic E-state index is 11.3. The average molecular weight is 337 g/mol. The summed E-state index contributed by atoms with van der Waals surface area (Å²) in [4.78, 5) is 11.3. The monoisotopic (exact) mass is 336 g/mol. The topological polar surface area (TPSA) is 87.6 Å². The lowest BCUT2D eigenvalue weighted by molar-refractivity contribution is 0.0999. The van der Waals surface area contributed by atoms with E-state index in [-0.39, 0.29) is 0 Å². The van der Waals surface area contributed by atoms with Gasteiger partial charge in [-0.05, 0) is 30.3 Å². The Morgan fingerprint density at radius 1 is 1.15 bits per heavy atom. The summed E-state index contributed by atoms with van der Waals surface area (Å²) in [7, 11) is 1.50. The number of nitrogen functional groups attached to an aromatic ring is 1. The number of methoxy groups -OCH3 is 1. The van der Waals surface area contributed by atoms with Crippen molar-refractivity contribution in [2.24, 2.45) is 5.73 Å². The molecular weight excluding hydrogens is 324 g/mol. The zero-order valence-electron chi connectivity index (χ0n) is 10.7. The van der Waals surface area contributed by atoms with E-state index in [4.69, 9.17) is 20.9 Å². The summed E-state index contributed by atoms with van der Waals surface area (Å²) in [6, 6.07) is 9.98. The first-order valence-electron chi connectivity index (χ1n) is 5.71. The molecule has 2 rings (SSSR count). The van der Waals surface area contributed by atoms with E-state index in [1.165, 1.54) is 13.2 Å². The van der Waals surface area contributed by atoms with Crippen LogP contribution in [0.2, 0.25) is 0 Å². The van der Waals surface area contributed by atoms with Gasteiger partial charge in [0, 0.05) is 16.1 Å². The molecule has 0 aromatic heterocycles.